The van der Waals surface area contributed by atoms with Crippen molar-refractivity contribution in [2.75, 3.05) is 0 Å². The van der Waals surface area contributed by atoms with Crippen molar-refractivity contribution in [1.29, 1.82) is 0 Å². The molecule has 0 saturated heterocycles. The molecule has 0 unspecified atom stereocenters. The number of rotatable bonds is 2. The fraction of sp³-hybridized carbons (Fsp3) is 0.529. The summed E-state index contributed by atoms with van der Waals surface area (Å²) in [5.41, 5.74) is -0.244. The van der Waals surface area contributed by atoms with Crippen molar-refractivity contribution in [3.8, 4) is 0 Å². The third kappa shape index (κ3) is 3.15. The Morgan fingerprint density at radius 1 is 1.23 bits per heavy atom. The van der Waals surface area contributed by atoms with Gasteiger partial charge in [0.15, 0.2) is 5.82 Å². The Hall–Kier alpha value is -1.07. The van der Waals surface area contributed by atoms with Gasteiger partial charge in [0, 0.05) is 22.0 Å². The molecular weight excluding hydrogens is 347 g/mol. The van der Waals surface area contributed by atoms with Gasteiger partial charge < -0.3 is 5.11 Å². The first-order chi connectivity index (χ1) is 10.3. The lowest BCUT2D eigenvalue weighted by Crippen LogP contribution is -2.33. The van der Waals surface area contributed by atoms with Crippen molar-refractivity contribution in [1.82, 2.24) is 9.97 Å². The maximum Gasteiger partial charge on any atom is 0.150 e. The summed E-state index contributed by atoms with van der Waals surface area (Å²) in [4.78, 5) is 8.90. The molecule has 1 fully saturated rings. The molecule has 118 valence electrons. The Kier molecular flexibility index (Phi) is 4.21. The van der Waals surface area contributed by atoms with E-state index in [0.717, 1.165) is 31.5 Å². The molecule has 0 amide bonds. The van der Waals surface area contributed by atoms with E-state index in [-0.39, 0.29) is 11.7 Å². The molecule has 0 radical (unpaired) electrons. The molecule has 0 atom stereocenters. The lowest BCUT2D eigenvalue weighted by atomic mass is 9.74. The number of aliphatic hydroxyl groups is 1. The average molecular weight is 367 g/mol. The molecule has 1 aromatic heterocycles. The molecule has 1 aromatic carbocycles. The van der Waals surface area contributed by atoms with Crippen LogP contribution in [0.25, 0.3) is 10.9 Å². The van der Waals surface area contributed by atoms with Crippen LogP contribution in [0, 0.1) is 11.7 Å². The van der Waals surface area contributed by atoms with Gasteiger partial charge >= 0.3 is 0 Å². The SMILES string of the molecule is CC(C)(O)C1CCC(c2ncc3cc(Br)cc(F)c3n2)CC1. The predicted octanol–water partition coefficient (Wildman–Crippen LogP) is 4.58. The van der Waals surface area contributed by atoms with Crippen LogP contribution in [0.5, 0.6) is 0 Å². The summed E-state index contributed by atoms with van der Waals surface area (Å²) in [6, 6.07) is 3.26. The Bertz CT molecular complexity index is 691. The van der Waals surface area contributed by atoms with E-state index in [1.165, 1.54) is 6.07 Å². The van der Waals surface area contributed by atoms with Crippen molar-refractivity contribution in [3.63, 3.8) is 0 Å². The number of aromatic nitrogens is 2. The molecular formula is C17H20BrFN2O. The van der Waals surface area contributed by atoms with Crippen LogP contribution >= 0.6 is 15.9 Å². The van der Waals surface area contributed by atoms with Crippen LogP contribution in [0.15, 0.2) is 22.8 Å². The Balaban J connectivity index is 1.83. The fourth-order valence-corrected chi connectivity index (χ4v) is 3.78. The lowest BCUT2D eigenvalue weighted by Gasteiger charge is -2.35. The molecule has 3 nitrogen and oxygen atoms in total. The number of nitrogens with zero attached hydrogens (tertiary/aromatic N) is 2. The maximum absolute atomic E-state index is 14.1. The molecule has 0 spiro atoms. The summed E-state index contributed by atoms with van der Waals surface area (Å²) in [6.45, 7) is 3.75. The van der Waals surface area contributed by atoms with Gasteiger partial charge in [-0.15, -0.1) is 0 Å². The van der Waals surface area contributed by atoms with E-state index in [1.54, 1.807) is 6.20 Å². The molecule has 5 heteroatoms. The van der Waals surface area contributed by atoms with Crippen LogP contribution in [0.3, 0.4) is 0 Å². The summed E-state index contributed by atoms with van der Waals surface area (Å²) >= 11 is 3.28. The molecule has 1 aliphatic carbocycles. The van der Waals surface area contributed by atoms with Crippen LogP contribution in [0.4, 0.5) is 4.39 Å². The largest absolute Gasteiger partial charge is 0.390 e. The fourth-order valence-electron chi connectivity index (χ4n) is 3.34. The summed E-state index contributed by atoms with van der Waals surface area (Å²) in [5, 5.41) is 10.8. The third-order valence-electron chi connectivity index (χ3n) is 4.71. The predicted molar refractivity (Wildman–Crippen MR) is 88.2 cm³/mol. The summed E-state index contributed by atoms with van der Waals surface area (Å²) in [7, 11) is 0. The molecule has 1 heterocycles. The van der Waals surface area contributed by atoms with Gasteiger partial charge in [-0.2, -0.15) is 0 Å². The van der Waals surface area contributed by atoms with Crippen molar-refractivity contribution in [2.45, 2.75) is 51.0 Å². The first-order valence-electron chi connectivity index (χ1n) is 7.68. The van der Waals surface area contributed by atoms with Crippen LogP contribution < -0.4 is 0 Å². The minimum atomic E-state index is -0.631. The van der Waals surface area contributed by atoms with E-state index in [2.05, 4.69) is 25.9 Å². The van der Waals surface area contributed by atoms with E-state index < -0.39 is 5.60 Å². The van der Waals surface area contributed by atoms with E-state index in [9.17, 15) is 9.50 Å². The summed E-state index contributed by atoms with van der Waals surface area (Å²) in [6.07, 6.45) is 5.50. The standard InChI is InChI=1S/C17H20BrFN2O/c1-17(2,22)12-5-3-10(4-6-12)16-20-9-11-7-13(18)8-14(19)15(11)21-16/h7-10,12,22H,3-6H2,1-2H3. The highest BCUT2D eigenvalue weighted by atomic mass is 79.9. The molecule has 0 aliphatic heterocycles. The summed E-state index contributed by atoms with van der Waals surface area (Å²) < 4.78 is 14.8. The average Bonchev–Trinajstić information content (AvgIpc) is 2.46. The number of benzene rings is 1. The van der Waals surface area contributed by atoms with E-state index in [1.807, 2.05) is 19.9 Å². The number of fused-ring (bicyclic) bond motifs is 1. The van der Waals surface area contributed by atoms with Crippen LogP contribution in [-0.4, -0.2) is 20.7 Å². The van der Waals surface area contributed by atoms with Gasteiger partial charge in [-0.1, -0.05) is 15.9 Å². The second-order valence-corrected chi connectivity index (χ2v) is 7.67. The van der Waals surface area contributed by atoms with Crippen LogP contribution in [-0.2, 0) is 0 Å². The van der Waals surface area contributed by atoms with Crippen LogP contribution in [0.2, 0.25) is 0 Å². The van der Waals surface area contributed by atoms with E-state index in [4.69, 9.17) is 0 Å². The molecule has 1 saturated carbocycles. The van der Waals surface area contributed by atoms with Gasteiger partial charge in [-0.3, -0.25) is 0 Å². The smallest absolute Gasteiger partial charge is 0.150 e. The minimum absolute atomic E-state index is 0.256. The molecule has 1 aliphatic rings. The van der Waals surface area contributed by atoms with Gasteiger partial charge in [-0.25, -0.2) is 14.4 Å². The number of hydrogen-bond acceptors (Lipinski definition) is 3. The molecule has 2 aromatic rings. The Labute approximate surface area is 138 Å². The van der Waals surface area contributed by atoms with Gasteiger partial charge in [-0.05, 0) is 57.6 Å². The molecule has 0 bridgehead atoms. The Morgan fingerprint density at radius 2 is 1.91 bits per heavy atom. The van der Waals surface area contributed by atoms with Gasteiger partial charge in [0.25, 0.3) is 0 Å². The highest BCUT2D eigenvalue weighted by Crippen LogP contribution is 2.39. The van der Waals surface area contributed by atoms with Gasteiger partial charge in [0.1, 0.15) is 11.3 Å². The summed E-state index contributed by atoms with van der Waals surface area (Å²) in [5.74, 6) is 0.976. The zero-order valence-corrected chi connectivity index (χ0v) is 14.4. The highest BCUT2D eigenvalue weighted by molar-refractivity contribution is 9.10. The van der Waals surface area contributed by atoms with Gasteiger partial charge in [0.05, 0.1) is 5.60 Å². The molecule has 3 rings (SSSR count). The maximum atomic E-state index is 14.1. The first-order valence-corrected chi connectivity index (χ1v) is 8.48. The second-order valence-electron chi connectivity index (χ2n) is 6.76. The lowest BCUT2D eigenvalue weighted by molar-refractivity contribution is -0.00189. The first kappa shape index (κ1) is 15.8. The quantitative estimate of drug-likeness (QED) is 0.846. The van der Waals surface area contributed by atoms with Crippen molar-refractivity contribution >= 4 is 26.8 Å². The highest BCUT2D eigenvalue weighted by Gasteiger charge is 2.32. The van der Waals surface area contributed by atoms with Crippen molar-refractivity contribution < 1.29 is 9.50 Å². The topological polar surface area (TPSA) is 46.0 Å². The number of halogens is 2. The zero-order chi connectivity index (χ0) is 15.9. The zero-order valence-electron chi connectivity index (χ0n) is 12.8. The minimum Gasteiger partial charge on any atom is -0.390 e. The van der Waals surface area contributed by atoms with Gasteiger partial charge in [0.2, 0.25) is 0 Å². The van der Waals surface area contributed by atoms with Crippen LogP contribution in [0.1, 0.15) is 51.3 Å². The van der Waals surface area contributed by atoms with E-state index >= 15 is 0 Å². The number of hydrogen-bond donors (Lipinski definition) is 1. The van der Waals surface area contributed by atoms with E-state index in [0.29, 0.717) is 21.3 Å². The molecule has 1 N–H and O–H groups in total. The Morgan fingerprint density at radius 3 is 2.55 bits per heavy atom. The van der Waals surface area contributed by atoms with Crippen molar-refractivity contribution in [2.24, 2.45) is 5.92 Å². The monoisotopic (exact) mass is 366 g/mol. The second kappa shape index (κ2) is 5.85. The normalized spacial score (nSPS) is 23.0. The van der Waals surface area contributed by atoms with Crippen molar-refractivity contribution in [3.05, 3.63) is 34.4 Å². The molecule has 22 heavy (non-hydrogen) atoms. The third-order valence-corrected chi connectivity index (χ3v) is 5.17.